The van der Waals surface area contributed by atoms with E-state index in [-0.39, 0.29) is 5.91 Å². The van der Waals surface area contributed by atoms with Crippen molar-refractivity contribution in [2.45, 2.75) is 20.5 Å². The number of rotatable bonds is 6. The van der Waals surface area contributed by atoms with Crippen LogP contribution >= 0.6 is 0 Å². The Morgan fingerprint density at radius 1 is 0.963 bits per heavy atom. The molecule has 0 saturated carbocycles. The molecule has 0 unspecified atom stereocenters. The zero-order chi connectivity index (χ0) is 19.1. The Kier molecular flexibility index (Phi) is 6.00. The summed E-state index contributed by atoms with van der Waals surface area (Å²) in [6, 6.07) is 23.2. The molecule has 3 aromatic rings. The number of aryl methyl sites for hydroxylation is 2. The summed E-state index contributed by atoms with van der Waals surface area (Å²) in [6.07, 6.45) is 1.60. The van der Waals surface area contributed by atoms with E-state index in [1.165, 1.54) is 5.56 Å². The minimum atomic E-state index is -0.238. The Labute approximate surface area is 159 Å². The van der Waals surface area contributed by atoms with Gasteiger partial charge in [-0.15, -0.1) is 0 Å². The normalized spacial score (nSPS) is 10.7. The fraction of sp³-hybridized carbons (Fsp3) is 0.130. The molecular formula is C23H22N2O2. The van der Waals surface area contributed by atoms with Crippen molar-refractivity contribution in [3.8, 4) is 5.75 Å². The number of nitrogens with one attached hydrogen (secondary N) is 1. The second-order valence-corrected chi connectivity index (χ2v) is 6.41. The highest BCUT2D eigenvalue weighted by Gasteiger charge is 2.03. The molecule has 4 nitrogen and oxygen atoms in total. The zero-order valence-corrected chi connectivity index (χ0v) is 15.5. The average molecular weight is 358 g/mol. The summed E-state index contributed by atoms with van der Waals surface area (Å²) in [7, 11) is 0. The van der Waals surface area contributed by atoms with Crippen LogP contribution in [0, 0.1) is 13.8 Å². The lowest BCUT2D eigenvalue weighted by atomic mass is 10.1. The molecule has 0 saturated heterocycles. The summed E-state index contributed by atoms with van der Waals surface area (Å²) in [5.41, 5.74) is 7.41. The van der Waals surface area contributed by atoms with Gasteiger partial charge in [0.1, 0.15) is 12.4 Å². The van der Waals surface area contributed by atoms with E-state index in [2.05, 4.69) is 41.7 Å². The molecule has 0 fully saturated rings. The van der Waals surface area contributed by atoms with Crippen LogP contribution in [0.3, 0.4) is 0 Å². The van der Waals surface area contributed by atoms with Gasteiger partial charge in [0.15, 0.2) is 0 Å². The molecule has 0 aliphatic carbocycles. The molecule has 0 spiro atoms. The first-order valence-corrected chi connectivity index (χ1v) is 8.79. The van der Waals surface area contributed by atoms with E-state index >= 15 is 0 Å². The number of hydrogen-bond donors (Lipinski definition) is 1. The first-order valence-electron chi connectivity index (χ1n) is 8.79. The summed E-state index contributed by atoms with van der Waals surface area (Å²) in [6.45, 7) is 4.55. The zero-order valence-electron chi connectivity index (χ0n) is 15.5. The van der Waals surface area contributed by atoms with Gasteiger partial charge in [0.25, 0.3) is 5.91 Å². The van der Waals surface area contributed by atoms with E-state index in [1.54, 1.807) is 18.3 Å². The Morgan fingerprint density at radius 2 is 1.63 bits per heavy atom. The molecule has 0 aliphatic heterocycles. The Morgan fingerprint density at radius 3 is 2.33 bits per heavy atom. The van der Waals surface area contributed by atoms with E-state index in [4.69, 9.17) is 4.74 Å². The molecule has 1 amide bonds. The van der Waals surface area contributed by atoms with Crippen LogP contribution in [0.2, 0.25) is 0 Å². The van der Waals surface area contributed by atoms with Crippen molar-refractivity contribution in [1.29, 1.82) is 0 Å². The van der Waals surface area contributed by atoms with Crippen molar-refractivity contribution in [2.24, 2.45) is 5.10 Å². The maximum Gasteiger partial charge on any atom is 0.271 e. The van der Waals surface area contributed by atoms with Crippen molar-refractivity contribution < 1.29 is 9.53 Å². The Hall–Kier alpha value is -3.40. The van der Waals surface area contributed by atoms with Gasteiger partial charge in [0.2, 0.25) is 0 Å². The van der Waals surface area contributed by atoms with Crippen molar-refractivity contribution in [3.63, 3.8) is 0 Å². The summed E-state index contributed by atoms with van der Waals surface area (Å²) < 4.78 is 5.83. The number of ether oxygens (including phenoxy) is 1. The van der Waals surface area contributed by atoms with Crippen LogP contribution in [0.1, 0.15) is 32.6 Å². The van der Waals surface area contributed by atoms with E-state index in [1.807, 2.05) is 43.3 Å². The molecule has 4 heteroatoms. The van der Waals surface area contributed by atoms with Gasteiger partial charge >= 0.3 is 0 Å². The van der Waals surface area contributed by atoms with Crippen LogP contribution in [0.5, 0.6) is 5.75 Å². The van der Waals surface area contributed by atoms with Crippen molar-refractivity contribution in [1.82, 2.24) is 5.43 Å². The molecule has 0 aliphatic rings. The van der Waals surface area contributed by atoms with Crippen LogP contribution in [-0.2, 0) is 6.61 Å². The molecule has 3 rings (SSSR count). The van der Waals surface area contributed by atoms with Gasteiger partial charge in [-0.05, 0) is 49.2 Å². The minimum Gasteiger partial charge on any atom is -0.489 e. The van der Waals surface area contributed by atoms with Crippen LogP contribution in [0.25, 0.3) is 0 Å². The van der Waals surface area contributed by atoms with Gasteiger partial charge in [-0.1, -0.05) is 59.7 Å². The van der Waals surface area contributed by atoms with Crippen LogP contribution < -0.4 is 10.2 Å². The molecular weight excluding hydrogens is 336 g/mol. The lowest BCUT2D eigenvalue weighted by molar-refractivity contribution is 0.0955. The van der Waals surface area contributed by atoms with Crippen molar-refractivity contribution in [3.05, 3.63) is 101 Å². The number of hydrogen-bond acceptors (Lipinski definition) is 3. The third-order valence-corrected chi connectivity index (χ3v) is 4.08. The fourth-order valence-electron chi connectivity index (χ4n) is 2.47. The number of carbonyl (C=O) groups is 1. The number of benzene rings is 3. The average Bonchev–Trinajstić information content (AvgIpc) is 2.68. The second kappa shape index (κ2) is 8.81. The summed E-state index contributed by atoms with van der Waals surface area (Å²) >= 11 is 0. The molecule has 0 heterocycles. The fourth-order valence-corrected chi connectivity index (χ4v) is 2.47. The van der Waals surface area contributed by atoms with Crippen molar-refractivity contribution in [2.75, 3.05) is 0 Å². The van der Waals surface area contributed by atoms with Crippen LogP contribution in [0.15, 0.2) is 77.9 Å². The van der Waals surface area contributed by atoms with Gasteiger partial charge in [-0.2, -0.15) is 5.10 Å². The highest BCUT2D eigenvalue weighted by Crippen LogP contribution is 2.14. The first-order chi connectivity index (χ1) is 13.1. The maximum atomic E-state index is 12.0. The smallest absolute Gasteiger partial charge is 0.271 e. The van der Waals surface area contributed by atoms with Crippen LogP contribution in [0.4, 0.5) is 0 Å². The monoisotopic (exact) mass is 358 g/mol. The number of hydrazone groups is 1. The minimum absolute atomic E-state index is 0.238. The van der Waals surface area contributed by atoms with E-state index < -0.39 is 0 Å². The standard InChI is InChI=1S/C23H22N2O2/c1-17-6-10-19(11-7-17)16-27-22-5-3-4-20(14-22)15-24-25-23(26)21-12-8-18(2)9-13-21/h3-15H,16H2,1-2H3,(H,25,26)/b24-15-. The van der Waals surface area contributed by atoms with Gasteiger partial charge in [-0.3, -0.25) is 4.79 Å². The number of carbonyl (C=O) groups excluding carboxylic acids is 1. The molecule has 136 valence electrons. The molecule has 0 aromatic heterocycles. The lowest BCUT2D eigenvalue weighted by Crippen LogP contribution is -2.17. The van der Waals surface area contributed by atoms with Gasteiger partial charge in [-0.25, -0.2) is 5.43 Å². The van der Waals surface area contributed by atoms with Crippen molar-refractivity contribution >= 4 is 12.1 Å². The predicted octanol–water partition coefficient (Wildman–Crippen LogP) is 4.65. The quantitative estimate of drug-likeness (QED) is 0.515. The largest absolute Gasteiger partial charge is 0.489 e. The van der Waals surface area contributed by atoms with E-state index in [0.29, 0.717) is 12.2 Å². The second-order valence-electron chi connectivity index (χ2n) is 6.41. The number of amides is 1. The first kappa shape index (κ1) is 18.4. The summed E-state index contributed by atoms with van der Waals surface area (Å²) in [4.78, 5) is 12.0. The Balaban J connectivity index is 1.56. The summed E-state index contributed by atoms with van der Waals surface area (Å²) in [5.74, 6) is 0.516. The predicted molar refractivity (Wildman–Crippen MR) is 108 cm³/mol. The molecule has 0 radical (unpaired) electrons. The molecule has 1 N–H and O–H groups in total. The molecule has 3 aromatic carbocycles. The lowest BCUT2D eigenvalue weighted by Gasteiger charge is -2.07. The topological polar surface area (TPSA) is 50.7 Å². The van der Waals surface area contributed by atoms with E-state index in [9.17, 15) is 4.79 Å². The highest BCUT2D eigenvalue weighted by atomic mass is 16.5. The Bertz CT molecular complexity index is 929. The van der Waals surface area contributed by atoms with Crippen LogP contribution in [-0.4, -0.2) is 12.1 Å². The molecule has 0 atom stereocenters. The molecule has 0 bridgehead atoms. The van der Waals surface area contributed by atoms with E-state index in [0.717, 1.165) is 22.4 Å². The molecule has 27 heavy (non-hydrogen) atoms. The van der Waals surface area contributed by atoms with Gasteiger partial charge in [0.05, 0.1) is 6.21 Å². The van der Waals surface area contributed by atoms with Gasteiger partial charge < -0.3 is 4.74 Å². The SMILES string of the molecule is Cc1ccc(COc2cccc(/C=N\NC(=O)c3ccc(C)cc3)c2)cc1. The van der Waals surface area contributed by atoms with Gasteiger partial charge in [0, 0.05) is 5.56 Å². The maximum absolute atomic E-state index is 12.0. The number of nitrogens with zero attached hydrogens (tertiary/aromatic N) is 1. The highest BCUT2D eigenvalue weighted by molar-refractivity contribution is 5.94. The third-order valence-electron chi connectivity index (χ3n) is 4.08. The summed E-state index contributed by atoms with van der Waals surface area (Å²) in [5, 5.41) is 4.03. The third kappa shape index (κ3) is 5.54.